The Balaban J connectivity index is 2.08. The van der Waals surface area contributed by atoms with Gasteiger partial charge < -0.3 is 14.6 Å². The van der Waals surface area contributed by atoms with E-state index in [9.17, 15) is 4.39 Å². The lowest BCUT2D eigenvalue weighted by molar-refractivity contribution is 0.479. The summed E-state index contributed by atoms with van der Waals surface area (Å²) in [6.45, 7) is 4.64. The number of halogens is 1. The molecule has 1 aliphatic rings. The maximum atomic E-state index is 14.0. The lowest BCUT2D eigenvalue weighted by Gasteiger charge is -2.34. The van der Waals surface area contributed by atoms with Crippen molar-refractivity contribution in [2.45, 2.75) is 13.0 Å². The van der Waals surface area contributed by atoms with E-state index in [0.717, 1.165) is 30.6 Å². The van der Waals surface area contributed by atoms with Crippen LogP contribution in [-0.2, 0) is 0 Å². The van der Waals surface area contributed by atoms with E-state index in [4.69, 9.17) is 4.42 Å². The molecular formula is C13H15FN2O. The summed E-state index contributed by atoms with van der Waals surface area (Å²) >= 11 is 0. The monoisotopic (exact) mass is 234 g/mol. The molecule has 1 fully saturated rings. The Morgan fingerprint density at radius 3 is 3.12 bits per heavy atom. The van der Waals surface area contributed by atoms with Gasteiger partial charge in [-0.3, -0.25) is 0 Å². The third kappa shape index (κ3) is 1.78. The Morgan fingerprint density at radius 1 is 1.41 bits per heavy atom. The second-order valence-corrected chi connectivity index (χ2v) is 4.53. The molecule has 1 aromatic heterocycles. The minimum absolute atomic E-state index is 0.173. The molecule has 3 rings (SSSR count). The minimum Gasteiger partial charge on any atom is -0.464 e. The topological polar surface area (TPSA) is 28.4 Å². The zero-order valence-electron chi connectivity index (χ0n) is 9.74. The SMILES string of the molecule is C[C@H]1CN(c2c(F)ccc3occc23)CCN1. The average molecular weight is 234 g/mol. The fraction of sp³-hybridized carbons (Fsp3) is 0.385. The number of nitrogens with one attached hydrogen (secondary N) is 1. The number of benzene rings is 1. The van der Waals surface area contributed by atoms with Gasteiger partial charge in [0.15, 0.2) is 0 Å². The van der Waals surface area contributed by atoms with Gasteiger partial charge in [0.05, 0.1) is 12.0 Å². The average Bonchev–Trinajstić information content (AvgIpc) is 2.76. The molecule has 1 atom stereocenters. The number of nitrogens with zero attached hydrogens (tertiary/aromatic N) is 1. The standard InChI is InChI=1S/C13H15FN2O/c1-9-8-16(6-5-15-9)13-10-4-7-17-12(10)3-2-11(13)14/h2-4,7,9,15H,5-6,8H2,1H3/t9-/m0/s1. The van der Waals surface area contributed by atoms with Gasteiger partial charge in [-0.25, -0.2) is 4.39 Å². The molecule has 2 heterocycles. The highest BCUT2D eigenvalue weighted by Crippen LogP contribution is 2.31. The van der Waals surface area contributed by atoms with E-state index in [1.54, 1.807) is 12.3 Å². The molecule has 1 aromatic carbocycles. The maximum Gasteiger partial charge on any atom is 0.147 e. The first-order valence-corrected chi connectivity index (χ1v) is 5.90. The van der Waals surface area contributed by atoms with Crippen LogP contribution in [0.5, 0.6) is 0 Å². The van der Waals surface area contributed by atoms with Crippen LogP contribution >= 0.6 is 0 Å². The summed E-state index contributed by atoms with van der Waals surface area (Å²) < 4.78 is 19.3. The van der Waals surface area contributed by atoms with Crippen molar-refractivity contribution in [3.8, 4) is 0 Å². The Labute approximate surface area is 99.2 Å². The number of hydrogen-bond donors (Lipinski definition) is 1. The fourth-order valence-electron chi connectivity index (χ4n) is 2.46. The van der Waals surface area contributed by atoms with Crippen LogP contribution in [0.15, 0.2) is 28.9 Å². The van der Waals surface area contributed by atoms with Gasteiger partial charge in [-0.2, -0.15) is 0 Å². The van der Waals surface area contributed by atoms with Crippen LogP contribution in [0.1, 0.15) is 6.92 Å². The molecule has 1 saturated heterocycles. The van der Waals surface area contributed by atoms with Gasteiger partial charge in [-0.05, 0) is 25.1 Å². The van der Waals surface area contributed by atoms with Crippen molar-refractivity contribution in [1.29, 1.82) is 0 Å². The maximum absolute atomic E-state index is 14.0. The first-order valence-electron chi connectivity index (χ1n) is 5.90. The summed E-state index contributed by atoms with van der Waals surface area (Å²) in [6.07, 6.45) is 1.61. The predicted octanol–water partition coefficient (Wildman–Crippen LogP) is 2.37. The Hall–Kier alpha value is -1.55. The molecule has 0 saturated carbocycles. The molecule has 1 N–H and O–H groups in total. The van der Waals surface area contributed by atoms with Crippen molar-refractivity contribution in [1.82, 2.24) is 5.32 Å². The number of hydrogen-bond acceptors (Lipinski definition) is 3. The quantitative estimate of drug-likeness (QED) is 0.821. The lowest BCUT2D eigenvalue weighted by atomic mass is 10.1. The van der Waals surface area contributed by atoms with Crippen molar-refractivity contribution in [2.24, 2.45) is 0 Å². The summed E-state index contributed by atoms with van der Waals surface area (Å²) in [5, 5.41) is 4.22. The highest BCUT2D eigenvalue weighted by atomic mass is 19.1. The number of rotatable bonds is 1. The van der Waals surface area contributed by atoms with Crippen LogP contribution in [0.25, 0.3) is 11.0 Å². The van der Waals surface area contributed by atoms with Crippen LogP contribution in [0.4, 0.5) is 10.1 Å². The van der Waals surface area contributed by atoms with Crippen LogP contribution in [0.3, 0.4) is 0 Å². The summed E-state index contributed by atoms with van der Waals surface area (Å²) in [7, 11) is 0. The van der Waals surface area contributed by atoms with E-state index >= 15 is 0 Å². The second kappa shape index (κ2) is 4.04. The molecule has 3 nitrogen and oxygen atoms in total. The molecule has 1 aliphatic heterocycles. The van der Waals surface area contributed by atoms with Crippen molar-refractivity contribution in [2.75, 3.05) is 24.5 Å². The molecular weight excluding hydrogens is 219 g/mol. The van der Waals surface area contributed by atoms with Crippen LogP contribution in [-0.4, -0.2) is 25.7 Å². The molecule has 4 heteroatoms. The van der Waals surface area contributed by atoms with Crippen LogP contribution < -0.4 is 10.2 Å². The van der Waals surface area contributed by atoms with Crippen molar-refractivity contribution < 1.29 is 8.81 Å². The van der Waals surface area contributed by atoms with Gasteiger partial charge in [0.25, 0.3) is 0 Å². The van der Waals surface area contributed by atoms with Crippen molar-refractivity contribution >= 4 is 16.7 Å². The summed E-state index contributed by atoms with van der Waals surface area (Å²) in [4.78, 5) is 2.09. The molecule has 0 spiro atoms. The van der Waals surface area contributed by atoms with Gasteiger partial charge in [-0.15, -0.1) is 0 Å². The highest BCUT2D eigenvalue weighted by molar-refractivity contribution is 5.91. The normalized spacial score (nSPS) is 21.1. The Kier molecular flexibility index (Phi) is 2.52. The number of fused-ring (bicyclic) bond motifs is 1. The summed E-state index contributed by atoms with van der Waals surface area (Å²) in [5.41, 5.74) is 1.41. The molecule has 0 bridgehead atoms. The third-order valence-electron chi connectivity index (χ3n) is 3.24. The lowest BCUT2D eigenvalue weighted by Crippen LogP contribution is -2.49. The van der Waals surface area contributed by atoms with Crippen molar-refractivity contribution in [3.05, 3.63) is 30.3 Å². The summed E-state index contributed by atoms with van der Waals surface area (Å²) in [6, 6.07) is 5.37. The number of piperazine rings is 1. The van der Waals surface area contributed by atoms with Crippen LogP contribution in [0.2, 0.25) is 0 Å². The fourth-order valence-corrected chi connectivity index (χ4v) is 2.46. The van der Waals surface area contributed by atoms with E-state index < -0.39 is 0 Å². The van der Waals surface area contributed by atoms with E-state index in [-0.39, 0.29) is 5.82 Å². The van der Waals surface area contributed by atoms with Gasteiger partial charge in [0.2, 0.25) is 0 Å². The van der Waals surface area contributed by atoms with Gasteiger partial charge in [0.1, 0.15) is 11.4 Å². The largest absolute Gasteiger partial charge is 0.464 e. The molecule has 0 aliphatic carbocycles. The zero-order valence-corrected chi connectivity index (χ0v) is 9.74. The number of furan rings is 1. The summed E-state index contributed by atoms with van der Waals surface area (Å²) in [5.74, 6) is -0.173. The van der Waals surface area contributed by atoms with E-state index in [0.29, 0.717) is 11.7 Å². The molecule has 0 unspecified atom stereocenters. The minimum atomic E-state index is -0.173. The first kappa shape index (κ1) is 10.6. The second-order valence-electron chi connectivity index (χ2n) is 4.53. The predicted molar refractivity (Wildman–Crippen MR) is 65.8 cm³/mol. The molecule has 90 valence electrons. The highest BCUT2D eigenvalue weighted by Gasteiger charge is 2.21. The van der Waals surface area contributed by atoms with E-state index in [2.05, 4.69) is 17.1 Å². The van der Waals surface area contributed by atoms with Gasteiger partial charge >= 0.3 is 0 Å². The Morgan fingerprint density at radius 2 is 2.29 bits per heavy atom. The third-order valence-corrected chi connectivity index (χ3v) is 3.24. The van der Waals surface area contributed by atoms with E-state index in [1.165, 1.54) is 6.07 Å². The zero-order chi connectivity index (χ0) is 11.8. The number of anilines is 1. The molecule has 17 heavy (non-hydrogen) atoms. The molecule has 0 radical (unpaired) electrons. The molecule has 2 aromatic rings. The van der Waals surface area contributed by atoms with Crippen molar-refractivity contribution in [3.63, 3.8) is 0 Å². The Bertz CT molecular complexity index is 537. The van der Waals surface area contributed by atoms with Gasteiger partial charge in [-0.1, -0.05) is 0 Å². The molecule has 0 amide bonds. The first-order chi connectivity index (χ1) is 8.25. The smallest absolute Gasteiger partial charge is 0.147 e. The van der Waals surface area contributed by atoms with Gasteiger partial charge in [0, 0.05) is 31.1 Å². The van der Waals surface area contributed by atoms with E-state index in [1.807, 2.05) is 6.07 Å². The van der Waals surface area contributed by atoms with Crippen LogP contribution in [0, 0.1) is 5.82 Å².